The molecule has 3 rings (SSSR count). The maximum atomic E-state index is 11.9. The van der Waals surface area contributed by atoms with Crippen molar-refractivity contribution in [3.8, 4) is 11.3 Å². The molecule has 0 spiro atoms. The summed E-state index contributed by atoms with van der Waals surface area (Å²) in [6, 6.07) is 11.3. The summed E-state index contributed by atoms with van der Waals surface area (Å²) in [5.74, 6) is -0.0305. The van der Waals surface area contributed by atoms with E-state index in [0.717, 1.165) is 25.0 Å². The highest BCUT2D eigenvalue weighted by molar-refractivity contribution is 5.92. The Morgan fingerprint density at radius 1 is 1.35 bits per heavy atom. The molecule has 0 unspecified atom stereocenters. The molecule has 5 nitrogen and oxygen atoms in total. The highest BCUT2D eigenvalue weighted by atomic mass is 16.5. The summed E-state index contributed by atoms with van der Waals surface area (Å²) >= 11 is 0. The molecule has 0 bridgehead atoms. The van der Waals surface area contributed by atoms with Gasteiger partial charge in [-0.1, -0.05) is 35.5 Å². The van der Waals surface area contributed by atoms with Crippen LogP contribution in [0.2, 0.25) is 0 Å². The molecule has 1 N–H and O–H groups in total. The largest absolute Gasteiger partial charge is 0.376 e. The first-order valence-electron chi connectivity index (χ1n) is 6.75. The summed E-state index contributed by atoms with van der Waals surface area (Å²) in [4.78, 5) is 11.9. The van der Waals surface area contributed by atoms with Gasteiger partial charge in [0.1, 0.15) is 5.69 Å². The average molecular weight is 272 g/mol. The second kappa shape index (κ2) is 5.88. The summed E-state index contributed by atoms with van der Waals surface area (Å²) in [6.07, 6.45) is 2.17. The van der Waals surface area contributed by atoms with Gasteiger partial charge in [0.25, 0.3) is 5.91 Å². The lowest BCUT2D eigenvalue weighted by molar-refractivity contribution is 0.0828. The Balaban J connectivity index is 1.62. The lowest BCUT2D eigenvalue weighted by Crippen LogP contribution is -2.31. The Labute approximate surface area is 116 Å². The lowest BCUT2D eigenvalue weighted by Gasteiger charge is -2.08. The second-order valence-corrected chi connectivity index (χ2v) is 4.79. The molecule has 1 amide bonds. The smallest absolute Gasteiger partial charge is 0.290 e. The first-order valence-corrected chi connectivity index (χ1v) is 6.75. The third-order valence-electron chi connectivity index (χ3n) is 3.32. The van der Waals surface area contributed by atoms with Crippen LogP contribution < -0.4 is 5.32 Å². The Morgan fingerprint density at radius 2 is 2.20 bits per heavy atom. The number of ether oxygens (including phenoxy) is 1. The first-order chi connectivity index (χ1) is 9.83. The minimum Gasteiger partial charge on any atom is -0.376 e. The number of benzene rings is 1. The van der Waals surface area contributed by atoms with Gasteiger partial charge in [0.15, 0.2) is 0 Å². The third kappa shape index (κ3) is 2.88. The Morgan fingerprint density at radius 3 is 2.95 bits per heavy atom. The quantitative estimate of drug-likeness (QED) is 0.927. The third-order valence-corrected chi connectivity index (χ3v) is 3.32. The maximum Gasteiger partial charge on any atom is 0.290 e. The number of carbonyl (C=O) groups is 1. The van der Waals surface area contributed by atoms with Crippen molar-refractivity contribution in [2.75, 3.05) is 13.2 Å². The Kier molecular flexibility index (Phi) is 3.78. The Bertz CT molecular complexity index is 574. The fourth-order valence-electron chi connectivity index (χ4n) is 2.23. The van der Waals surface area contributed by atoms with E-state index in [-0.39, 0.29) is 17.8 Å². The zero-order valence-corrected chi connectivity index (χ0v) is 11.0. The van der Waals surface area contributed by atoms with E-state index in [1.54, 1.807) is 6.07 Å². The van der Waals surface area contributed by atoms with E-state index in [2.05, 4.69) is 10.5 Å². The lowest BCUT2D eigenvalue weighted by atomic mass is 10.1. The minimum atomic E-state index is -0.254. The van der Waals surface area contributed by atoms with E-state index < -0.39 is 0 Å². The van der Waals surface area contributed by atoms with Crippen LogP contribution in [0.5, 0.6) is 0 Å². The highest BCUT2D eigenvalue weighted by Gasteiger charge is 2.18. The van der Waals surface area contributed by atoms with Crippen LogP contribution in [0.15, 0.2) is 40.9 Å². The normalized spacial score (nSPS) is 18.1. The monoisotopic (exact) mass is 272 g/mol. The molecule has 104 valence electrons. The van der Waals surface area contributed by atoms with Crippen molar-refractivity contribution in [1.29, 1.82) is 0 Å². The summed E-state index contributed by atoms with van der Waals surface area (Å²) in [7, 11) is 0. The molecule has 0 saturated carbocycles. The molecule has 20 heavy (non-hydrogen) atoms. The van der Waals surface area contributed by atoms with Crippen LogP contribution in [0.1, 0.15) is 23.4 Å². The van der Waals surface area contributed by atoms with Crippen molar-refractivity contribution < 1.29 is 14.1 Å². The van der Waals surface area contributed by atoms with Crippen LogP contribution in [0, 0.1) is 0 Å². The topological polar surface area (TPSA) is 64.4 Å². The minimum absolute atomic E-state index is 0.121. The van der Waals surface area contributed by atoms with E-state index in [9.17, 15) is 4.79 Å². The zero-order chi connectivity index (χ0) is 13.8. The van der Waals surface area contributed by atoms with Gasteiger partial charge in [-0.25, -0.2) is 0 Å². The molecular formula is C15H16N2O3. The van der Waals surface area contributed by atoms with Gasteiger partial charge in [-0.15, -0.1) is 0 Å². The predicted molar refractivity (Wildman–Crippen MR) is 73.2 cm³/mol. The van der Waals surface area contributed by atoms with Gasteiger partial charge in [0.2, 0.25) is 5.76 Å². The molecule has 1 aliphatic rings. The molecule has 2 aromatic rings. The number of nitrogens with zero attached hydrogens (tertiary/aromatic N) is 1. The molecule has 1 aromatic heterocycles. The molecule has 2 heterocycles. The van der Waals surface area contributed by atoms with Crippen LogP contribution in [0.3, 0.4) is 0 Å². The molecule has 1 aliphatic heterocycles. The molecule has 1 aromatic carbocycles. The van der Waals surface area contributed by atoms with Crippen molar-refractivity contribution in [1.82, 2.24) is 10.5 Å². The molecule has 1 fully saturated rings. The number of aromatic nitrogens is 1. The predicted octanol–water partition coefficient (Wildman–Crippen LogP) is 2.25. The van der Waals surface area contributed by atoms with Crippen molar-refractivity contribution in [2.24, 2.45) is 0 Å². The number of rotatable bonds is 4. The molecule has 1 saturated heterocycles. The molecular weight excluding hydrogens is 256 g/mol. The average Bonchev–Trinajstić information content (AvgIpc) is 3.17. The standard InChI is InChI=1S/C15H16N2O3/c18-15(16-10-12-7-4-8-19-12)14-9-13(17-20-14)11-5-2-1-3-6-11/h1-3,5-6,9,12H,4,7-8,10H2,(H,16,18)/t12-/m0/s1. The molecule has 5 heteroatoms. The number of carbonyl (C=O) groups excluding carboxylic acids is 1. The summed E-state index contributed by atoms with van der Waals surface area (Å²) in [5, 5.41) is 6.73. The fourth-order valence-corrected chi connectivity index (χ4v) is 2.23. The van der Waals surface area contributed by atoms with E-state index in [4.69, 9.17) is 9.26 Å². The second-order valence-electron chi connectivity index (χ2n) is 4.79. The zero-order valence-electron chi connectivity index (χ0n) is 11.0. The van der Waals surface area contributed by atoms with Crippen molar-refractivity contribution in [3.63, 3.8) is 0 Å². The first kappa shape index (κ1) is 12.9. The van der Waals surface area contributed by atoms with Gasteiger partial charge >= 0.3 is 0 Å². The SMILES string of the molecule is O=C(NC[C@@H]1CCCO1)c1cc(-c2ccccc2)no1. The van der Waals surface area contributed by atoms with E-state index in [1.165, 1.54) is 0 Å². The molecule has 0 radical (unpaired) electrons. The number of hydrogen-bond donors (Lipinski definition) is 1. The van der Waals surface area contributed by atoms with Crippen LogP contribution in [-0.4, -0.2) is 30.3 Å². The van der Waals surface area contributed by atoms with Crippen molar-refractivity contribution >= 4 is 5.91 Å². The maximum absolute atomic E-state index is 11.9. The van der Waals surface area contributed by atoms with E-state index in [1.807, 2.05) is 30.3 Å². The van der Waals surface area contributed by atoms with Gasteiger partial charge in [-0.2, -0.15) is 0 Å². The number of hydrogen-bond acceptors (Lipinski definition) is 4. The van der Waals surface area contributed by atoms with Crippen LogP contribution in [-0.2, 0) is 4.74 Å². The van der Waals surface area contributed by atoms with Gasteiger partial charge in [-0.05, 0) is 12.8 Å². The van der Waals surface area contributed by atoms with E-state index in [0.29, 0.717) is 12.2 Å². The van der Waals surface area contributed by atoms with Crippen LogP contribution >= 0.6 is 0 Å². The van der Waals surface area contributed by atoms with Gasteiger partial charge in [0.05, 0.1) is 6.10 Å². The fraction of sp³-hybridized carbons (Fsp3) is 0.333. The van der Waals surface area contributed by atoms with Crippen LogP contribution in [0.25, 0.3) is 11.3 Å². The Hall–Kier alpha value is -2.14. The molecule has 1 atom stereocenters. The number of nitrogens with one attached hydrogen (secondary N) is 1. The van der Waals surface area contributed by atoms with Crippen molar-refractivity contribution in [2.45, 2.75) is 18.9 Å². The summed E-state index contributed by atoms with van der Waals surface area (Å²) in [6.45, 7) is 1.29. The van der Waals surface area contributed by atoms with E-state index >= 15 is 0 Å². The van der Waals surface area contributed by atoms with Gasteiger partial charge in [0, 0.05) is 24.8 Å². The number of amides is 1. The molecule has 0 aliphatic carbocycles. The summed E-state index contributed by atoms with van der Waals surface area (Å²) in [5.41, 5.74) is 1.59. The van der Waals surface area contributed by atoms with Gasteiger partial charge in [-0.3, -0.25) is 4.79 Å². The van der Waals surface area contributed by atoms with Gasteiger partial charge < -0.3 is 14.6 Å². The summed E-state index contributed by atoms with van der Waals surface area (Å²) < 4.78 is 10.5. The highest BCUT2D eigenvalue weighted by Crippen LogP contribution is 2.18. The van der Waals surface area contributed by atoms with Crippen LogP contribution in [0.4, 0.5) is 0 Å². The van der Waals surface area contributed by atoms with Crippen molar-refractivity contribution in [3.05, 3.63) is 42.2 Å².